The van der Waals surface area contributed by atoms with E-state index >= 15 is 0 Å². The van der Waals surface area contributed by atoms with E-state index in [9.17, 15) is 4.79 Å². The summed E-state index contributed by atoms with van der Waals surface area (Å²) in [5.41, 5.74) is 3.29. The van der Waals surface area contributed by atoms with Crippen LogP contribution in [0.3, 0.4) is 0 Å². The molecule has 0 saturated carbocycles. The number of pyridine rings is 1. The molecule has 0 N–H and O–H groups in total. The zero-order valence-electron chi connectivity index (χ0n) is 16.2. The van der Waals surface area contributed by atoms with Gasteiger partial charge in [0.15, 0.2) is 5.13 Å². The van der Waals surface area contributed by atoms with Crippen LogP contribution in [0.15, 0.2) is 48.7 Å². The average Bonchev–Trinajstić information content (AvgIpc) is 3.14. The molecule has 1 amide bonds. The summed E-state index contributed by atoms with van der Waals surface area (Å²) in [4.78, 5) is 24.9. The van der Waals surface area contributed by atoms with Gasteiger partial charge < -0.3 is 14.5 Å². The van der Waals surface area contributed by atoms with Gasteiger partial charge >= 0.3 is 0 Å². The predicted molar refractivity (Wildman–Crippen MR) is 115 cm³/mol. The third-order valence-electron chi connectivity index (χ3n) is 5.45. The number of carbonyl (C=O) groups excluding carboxylic acids is 1. The molecule has 0 spiro atoms. The maximum absolute atomic E-state index is 11.6. The van der Waals surface area contributed by atoms with Gasteiger partial charge in [-0.1, -0.05) is 29.5 Å². The minimum Gasteiger partial charge on any atom is -0.470 e. The van der Waals surface area contributed by atoms with E-state index in [1.165, 1.54) is 10.3 Å². The average molecular weight is 407 g/mol. The summed E-state index contributed by atoms with van der Waals surface area (Å²) in [5, 5.41) is 1.05. The van der Waals surface area contributed by atoms with Crippen LogP contribution in [0, 0.1) is 0 Å². The molecule has 148 valence electrons. The highest BCUT2D eigenvalue weighted by Crippen LogP contribution is 2.34. The molecule has 0 unspecified atom stereocenters. The number of fused-ring (bicyclic) bond motifs is 1. The van der Waals surface area contributed by atoms with Gasteiger partial charge in [0.05, 0.1) is 23.3 Å². The Hall–Kier alpha value is -2.93. The number of aromatic nitrogens is 2. The lowest BCUT2D eigenvalue weighted by Gasteiger charge is -2.38. The predicted octanol–water partition coefficient (Wildman–Crippen LogP) is 3.59. The highest BCUT2D eigenvalue weighted by molar-refractivity contribution is 7.22. The van der Waals surface area contributed by atoms with E-state index in [0.29, 0.717) is 12.4 Å². The second-order valence-electron chi connectivity index (χ2n) is 7.41. The van der Waals surface area contributed by atoms with E-state index in [-0.39, 0.29) is 12.0 Å². The standard InChI is InChI=1S/C22H22N4O2S/c1-15(27)25-11-8-16(9-12-25)18-5-4-10-23-21(18)28-17-13-26(14-17)22-24-19-6-2-3-7-20(19)29-22/h2-8,10,17H,9,11-14H2,1H3. The van der Waals surface area contributed by atoms with Crippen molar-refractivity contribution in [2.45, 2.75) is 19.4 Å². The lowest BCUT2D eigenvalue weighted by molar-refractivity contribution is -0.128. The SMILES string of the molecule is CC(=O)N1CC=C(c2cccnc2OC2CN(c3nc4ccccc4s3)C2)CC1. The van der Waals surface area contributed by atoms with E-state index in [1.54, 1.807) is 24.5 Å². The molecule has 0 bridgehead atoms. The van der Waals surface area contributed by atoms with Crippen molar-refractivity contribution in [3.05, 3.63) is 54.2 Å². The third kappa shape index (κ3) is 3.58. The molecule has 6 nitrogen and oxygen atoms in total. The number of amides is 1. The lowest BCUT2D eigenvalue weighted by Crippen LogP contribution is -2.54. The highest BCUT2D eigenvalue weighted by Gasteiger charge is 2.32. The fraction of sp³-hybridized carbons (Fsp3) is 0.318. The van der Waals surface area contributed by atoms with Gasteiger partial charge in [-0.05, 0) is 36.3 Å². The molecular weight excluding hydrogens is 384 g/mol. The Morgan fingerprint density at radius 1 is 1.21 bits per heavy atom. The molecule has 0 atom stereocenters. The summed E-state index contributed by atoms with van der Waals surface area (Å²) in [5.74, 6) is 0.802. The van der Waals surface area contributed by atoms with Crippen LogP contribution in [0.5, 0.6) is 5.88 Å². The Kier molecular flexibility index (Phi) is 4.67. The normalized spacial score (nSPS) is 17.2. The molecule has 1 fully saturated rings. The maximum Gasteiger partial charge on any atom is 0.221 e. The van der Waals surface area contributed by atoms with Gasteiger partial charge in [-0.25, -0.2) is 9.97 Å². The summed E-state index contributed by atoms with van der Waals surface area (Å²) in [7, 11) is 0. The molecule has 1 aromatic carbocycles. The van der Waals surface area contributed by atoms with Crippen molar-refractivity contribution in [2.75, 3.05) is 31.1 Å². The number of ether oxygens (including phenoxy) is 1. The Balaban J connectivity index is 1.26. The van der Waals surface area contributed by atoms with E-state index in [0.717, 1.165) is 42.3 Å². The van der Waals surface area contributed by atoms with Crippen LogP contribution in [-0.4, -0.2) is 53.1 Å². The monoisotopic (exact) mass is 406 g/mol. The van der Waals surface area contributed by atoms with Gasteiger partial charge in [-0.3, -0.25) is 4.79 Å². The van der Waals surface area contributed by atoms with E-state index in [2.05, 4.69) is 28.1 Å². The molecule has 4 heterocycles. The number of benzene rings is 1. The number of thiazole rings is 1. The van der Waals surface area contributed by atoms with Crippen molar-refractivity contribution in [1.82, 2.24) is 14.9 Å². The molecule has 7 heteroatoms. The molecule has 0 aliphatic carbocycles. The molecule has 2 aliphatic heterocycles. The first-order chi connectivity index (χ1) is 14.2. The second-order valence-corrected chi connectivity index (χ2v) is 8.42. The first-order valence-electron chi connectivity index (χ1n) is 9.84. The Morgan fingerprint density at radius 3 is 2.83 bits per heavy atom. The van der Waals surface area contributed by atoms with Crippen molar-refractivity contribution in [3.63, 3.8) is 0 Å². The summed E-state index contributed by atoms with van der Waals surface area (Å²) in [6.45, 7) is 4.63. The Bertz CT molecular complexity index is 1050. The third-order valence-corrected chi connectivity index (χ3v) is 6.55. The summed E-state index contributed by atoms with van der Waals surface area (Å²) in [6.07, 6.45) is 4.81. The zero-order valence-corrected chi connectivity index (χ0v) is 17.1. The molecule has 29 heavy (non-hydrogen) atoms. The molecule has 0 radical (unpaired) electrons. The second kappa shape index (κ2) is 7.48. The molecule has 3 aromatic rings. The number of nitrogens with zero attached hydrogens (tertiary/aromatic N) is 4. The van der Waals surface area contributed by atoms with Crippen LogP contribution in [0.4, 0.5) is 5.13 Å². The summed E-state index contributed by atoms with van der Waals surface area (Å²) < 4.78 is 7.45. The Labute approximate surface area is 173 Å². The number of hydrogen-bond acceptors (Lipinski definition) is 6. The van der Waals surface area contributed by atoms with E-state index < -0.39 is 0 Å². The minimum atomic E-state index is 0.105. The van der Waals surface area contributed by atoms with Crippen molar-refractivity contribution < 1.29 is 9.53 Å². The molecule has 1 saturated heterocycles. The van der Waals surface area contributed by atoms with Crippen LogP contribution in [0.25, 0.3) is 15.8 Å². The van der Waals surface area contributed by atoms with Gasteiger partial charge in [0.2, 0.25) is 11.8 Å². The van der Waals surface area contributed by atoms with Gasteiger partial charge in [-0.2, -0.15) is 0 Å². The number of hydrogen-bond donors (Lipinski definition) is 0. The quantitative estimate of drug-likeness (QED) is 0.663. The number of anilines is 1. The van der Waals surface area contributed by atoms with Crippen LogP contribution >= 0.6 is 11.3 Å². The summed E-state index contributed by atoms with van der Waals surface area (Å²) in [6, 6.07) is 12.2. The van der Waals surface area contributed by atoms with Gasteiger partial charge in [0.1, 0.15) is 6.10 Å². The van der Waals surface area contributed by atoms with Gasteiger partial charge in [0, 0.05) is 31.8 Å². The molecule has 5 rings (SSSR count). The van der Waals surface area contributed by atoms with E-state index in [1.807, 2.05) is 29.2 Å². The largest absolute Gasteiger partial charge is 0.470 e. The first-order valence-corrected chi connectivity index (χ1v) is 10.7. The number of para-hydroxylation sites is 1. The van der Waals surface area contributed by atoms with Crippen LogP contribution in [0.2, 0.25) is 0 Å². The summed E-state index contributed by atoms with van der Waals surface area (Å²) >= 11 is 1.72. The maximum atomic E-state index is 11.6. The van der Waals surface area contributed by atoms with E-state index in [4.69, 9.17) is 9.72 Å². The van der Waals surface area contributed by atoms with Crippen molar-refractivity contribution in [1.29, 1.82) is 0 Å². The Morgan fingerprint density at radius 2 is 2.07 bits per heavy atom. The van der Waals surface area contributed by atoms with Crippen molar-refractivity contribution in [3.8, 4) is 5.88 Å². The van der Waals surface area contributed by atoms with Gasteiger partial charge in [-0.15, -0.1) is 0 Å². The highest BCUT2D eigenvalue weighted by atomic mass is 32.1. The fourth-order valence-electron chi connectivity index (χ4n) is 3.75. The molecule has 2 aliphatic rings. The topological polar surface area (TPSA) is 58.6 Å². The van der Waals surface area contributed by atoms with Crippen LogP contribution < -0.4 is 9.64 Å². The zero-order chi connectivity index (χ0) is 19.8. The van der Waals surface area contributed by atoms with Crippen molar-refractivity contribution >= 4 is 38.2 Å². The van der Waals surface area contributed by atoms with Gasteiger partial charge in [0.25, 0.3) is 0 Å². The van der Waals surface area contributed by atoms with Crippen molar-refractivity contribution in [2.24, 2.45) is 0 Å². The first kappa shape index (κ1) is 18.1. The fourth-order valence-corrected chi connectivity index (χ4v) is 4.73. The lowest BCUT2D eigenvalue weighted by atomic mass is 10.0. The van der Waals surface area contributed by atoms with Crippen LogP contribution in [0.1, 0.15) is 18.9 Å². The number of rotatable bonds is 4. The minimum absolute atomic E-state index is 0.105. The molecular formula is C22H22N4O2S. The number of carbonyl (C=O) groups is 1. The smallest absolute Gasteiger partial charge is 0.221 e. The molecule has 2 aromatic heterocycles. The van der Waals surface area contributed by atoms with Crippen LogP contribution in [-0.2, 0) is 4.79 Å².